The Morgan fingerprint density at radius 1 is 1.05 bits per heavy atom. The maximum Gasteiger partial charge on any atom is 0.0422 e. The lowest BCUT2D eigenvalue weighted by molar-refractivity contribution is 0.542. The quantitative estimate of drug-likeness (QED) is 0.875. The van der Waals surface area contributed by atoms with Gasteiger partial charge < -0.3 is 5.32 Å². The summed E-state index contributed by atoms with van der Waals surface area (Å²) < 4.78 is 0. The van der Waals surface area contributed by atoms with Crippen LogP contribution >= 0.6 is 0 Å². The minimum atomic E-state index is 0.271. The van der Waals surface area contributed by atoms with Gasteiger partial charge in [-0.3, -0.25) is 9.97 Å². The molecule has 0 aliphatic rings. The lowest BCUT2D eigenvalue weighted by atomic mass is 10.0. The maximum atomic E-state index is 4.55. The van der Waals surface area contributed by atoms with E-state index in [9.17, 15) is 0 Å². The van der Waals surface area contributed by atoms with E-state index in [-0.39, 0.29) is 6.04 Å². The van der Waals surface area contributed by atoms with Gasteiger partial charge in [-0.05, 0) is 43.1 Å². The predicted molar refractivity (Wildman–Crippen MR) is 82.7 cm³/mol. The molecule has 0 radical (unpaired) electrons. The van der Waals surface area contributed by atoms with Crippen LogP contribution in [0.25, 0.3) is 0 Å². The largest absolute Gasteiger partial charge is 0.310 e. The highest BCUT2D eigenvalue weighted by atomic mass is 14.9. The summed E-state index contributed by atoms with van der Waals surface area (Å²) in [5, 5.41) is 3.52. The van der Waals surface area contributed by atoms with Gasteiger partial charge in [-0.2, -0.15) is 0 Å². The fourth-order valence-electron chi connectivity index (χ4n) is 2.23. The Hall–Kier alpha value is -1.74. The lowest BCUT2D eigenvalue weighted by Gasteiger charge is -2.18. The summed E-state index contributed by atoms with van der Waals surface area (Å²) in [4.78, 5) is 8.95. The van der Waals surface area contributed by atoms with E-state index in [2.05, 4.69) is 53.4 Å². The van der Waals surface area contributed by atoms with E-state index in [4.69, 9.17) is 0 Å². The second-order valence-corrected chi connectivity index (χ2v) is 5.06. The number of aromatic nitrogens is 2. The summed E-state index contributed by atoms with van der Waals surface area (Å²) in [5.41, 5.74) is 4.67. The van der Waals surface area contributed by atoms with Crippen LogP contribution in [-0.4, -0.2) is 16.5 Å². The molecule has 0 aliphatic heterocycles. The maximum absolute atomic E-state index is 4.55. The van der Waals surface area contributed by atoms with Crippen molar-refractivity contribution in [3.05, 3.63) is 59.2 Å². The second kappa shape index (κ2) is 7.15. The average Bonchev–Trinajstić information content (AvgIpc) is 2.48. The third kappa shape index (κ3) is 3.87. The van der Waals surface area contributed by atoms with Crippen molar-refractivity contribution in [2.24, 2.45) is 0 Å². The van der Waals surface area contributed by atoms with Crippen LogP contribution in [0.1, 0.15) is 42.4 Å². The summed E-state index contributed by atoms with van der Waals surface area (Å²) in [7, 11) is 0. The molecular weight excluding hydrogens is 246 g/mol. The van der Waals surface area contributed by atoms with E-state index in [0.717, 1.165) is 30.8 Å². The minimum Gasteiger partial charge on any atom is -0.310 e. The fourth-order valence-corrected chi connectivity index (χ4v) is 2.23. The van der Waals surface area contributed by atoms with Gasteiger partial charge in [0.05, 0.1) is 0 Å². The molecule has 106 valence electrons. The average molecular weight is 269 g/mol. The summed E-state index contributed by atoms with van der Waals surface area (Å²) in [5.74, 6) is 0. The minimum absolute atomic E-state index is 0.271. The van der Waals surface area contributed by atoms with E-state index >= 15 is 0 Å². The molecule has 1 atom stereocenters. The van der Waals surface area contributed by atoms with Crippen molar-refractivity contribution in [2.75, 3.05) is 6.54 Å². The van der Waals surface area contributed by atoms with Gasteiger partial charge in [0.1, 0.15) is 0 Å². The summed E-state index contributed by atoms with van der Waals surface area (Å²) in [6, 6.07) is 8.78. The van der Waals surface area contributed by atoms with Crippen LogP contribution < -0.4 is 5.32 Å². The van der Waals surface area contributed by atoms with Gasteiger partial charge in [0, 0.05) is 36.2 Å². The van der Waals surface area contributed by atoms with Crippen molar-refractivity contribution in [1.82, 2.24) is 15.3 Å². The molecule has 0 spiro atoms. The molecule has 1 unspecified atom stereocenters. The zero-order valence-electron chi connectivity index (χ0n) is 12.6. The molecule has 0 saturated carbocycles. The number of likely N-dealkylation sites (N-methyl/N-ethyl adjacent to an activating group) is 1. The van der Waals surface area contributed by atoms with E-state index in [1.54, 1.807) is 0 Å². The fraction of sp³-hybridized carbons (Fsp3) is 0.412. The third-order valence-electron chi connectivity index (χ3n) is 3.49. The van der Waals surface area contributed by atoms with Crippen molar-refractivity contribution in [1.29, 1.82) is 0 Å². The van der Waals surface area contributed by atoms with Crippen LogP contribution in [0.3, 0.4) is 0 Å². The SMILES string of the molecule is CCNC(Cc1ccc(CC)cn1)c1ccc(C)nc1. The van der Waals surface area contributed by atoms with Crippen molar-refractivity contribution in [2.45, 2.75) is 39.7 Å². The Morgan fingerprint density at radius 2 is 1.90 bits per heavy atom. The Morgan fingerprint density at radius 3 is 2.45 bits per heavy atom. The molecule has 20 heavy (non-hydrogen) atoms. The smallest absolute Gasteiger partial charge is 0.0422 e. The van der Waals surface area contributed by atoms with Crippen LogP contribution in [0.4, 0.5) is 0 Å². The molecule has 0 aromatic carbocycles. The first-order valence-corrected chi connectivity index (χ1v) is 7.32. The number of hydrogen-bond acceptors (Lipinski definition) is 3. The molecule has 0 amide bonds. The molecule has 2 aromatic rings. The highest BCUT2D eigenvalue weighted by molar-refractivity contribution is 5.21. The van der Waals surface area contributed by atoms with Crippen LogP contribution in [0.15, 0.2) is 36.7 Å². The predicted octanol–water partition coefficient (Wildman–Crippen LogP) is 3.24. The number of hydrogen-bond donors (Lipinski definition) is 1. The normalized spacial score (nSPS) is 12.3. The number of aryl methyl sites for hydroxylation is 2. The van der Waals surface area contributed by atoms with Gasteiger partial charge in [-0.1, -0.05) is 26.0 Å². The lowest BCUT2D eigenvalue weighted by Crippen LogP contribution is -2.23. The van der Waals surface area contributed by atoms with Gasteiger partial charge in [0.2, 0.25) is 0 Å². The van der Waals surface area contributed by atoms with Crippen molar-refractivity contribution in [3.63, 3.8) is 0 Å². The summed E-state index contributed by atoms with van der Waals surface area (Å²) in [6.07, 6.45) is 5.86. The molecule has 2 aromatic heterocycles. The zero-order valence-corrected chi connectivity index (χ0v) is 12.6. The Labute approximate surface area is 121 Å². The van der Waals surface area contributed by atoms with Crippen molar-refractivity contribution >= 4 is 0 Å². The van der Waals surface area contributed by atoms with Crippen LogP contribution in [0, 0.1) is 6.92 Å². The monoisotopic (exact) mass is 269 g/mol. The molecule has 2 rings (SSSR count). The van der Waals surface area contributed by atoms with Crippen molar-refractivity contribution in [3.8, 4) is 0 Å². The molecular formula is C17H23N3. The number of nitrogens with zero attached hydrogens (tertiary/aromatic N) is 2. The van der Waals surface area contributed by atoms with Gasteiger partial charge >= 0.3 is 0 Å². The molecule has 0 saturated heterocycles. The first-order valence-electron chi connectivity index (χ1n) is 7.32. The topological polar surface area (TPSA) is 37.8 Å². The molecule has 2 heterocycles. The Bertz CT molecular complexity index is 517. The first-order chi connectivity index (χ1) is 9.72. The van der Waals surface area contributed by atoms with Crippen LogP contribution in [0.2, 0.25) is 0 Å². The molecule has 3 heteroatoms. The highest BCUT2D eigenvalue weighted by Crippen LogP contribution is 2.17. The molecule has 0 aliphatic carbocycles. The Balaban J connectivity index is 2.13. The number of pyridine rings is 2. The molecule has 0 bridgehead atoms. The first kappa shape index (κ1) is 14.7. The number of nitrogens with one attached hydrogen (secondary N) is 1. The Kier molecular flexibility index (Phi) is 5.24. The van der Waals surface area contributed by atoms with Gasteiger partial charge in [-0.25, -0.2) is 0 Å². The van der Waals surface area contributed by atoms with Crippen molar-refractivity contribution < 1.29 is 0 Å². The van der Waals surface area contributed by atoms with Crippen LogP contribution in [-0.2, 0) is 12.8 Å². The van der Waals surface area contributed by atoms with E-state index in [1.165, 1.54) is 11.1 Å². The zero-order chi connectivity index (χ0) is 14.4. The number of rotatable bonds is 6. The molecule has 0 fully saturated rings. The second-order valence-electron chi connectivity index (χ2n) is 5.06. The van der Waals surface area contributed by atoms with Gasteiger partial charge in [0.25, 0.3) is 0 Å². The summed E-state index contributed by atoms with van der Waals surface area (Å²) in [6.45, 7) is 7.22. The molecule has 1 N–H and O–H groups in total. The third-order valence-corrected chi connectivity index (χ3v) is 3.49. The van der Waals surface area contributed by atoms with E-state index in [0.29, 0.717) is 0 Å². The highest BCUT2D eigenvalue weighted by Gasteiger charge is 2.12. The van der Waals surface area contributed by atoms with Gasteiger partial charge in [0.15, 0.2) is 0 Å². The van der Waals surface area contributed by atoms with Crippen LogP contribution in [0.5, 0.6) is 0 Å². The van der Waals surface area contributed by atoms with E-state index < -0.39 is 0 Å². The molecule has 3 nitrogen and oxygen atoms in total. The summed E-state index contributed by atoms with van der Waals surface area (Å²) >= 11 is 0. The standard InChI is InChI=1S/C17H23N3/c1-4-14-7-9-16(20-11-14)10-17(18-5-2)15-8-6-13(3)19-12-15/h6-9,11-12,17-18H,4-5,10H2,1-3H3. The van der Waals surface area contributed by atoms with Gasteiger partial charge in [-0.15, -0.1) is 0 Å². The van der Waals surface area contributed by atoms with E-state index in [1.807, 2.05) is 19.3 Å².